The van der Waals surface area contributed by atoms with Gasteiger partial charge in [-0.1, -0.05) is 6.08 Å². The van der Waals surface area contributed by atoms with Crippen molar-refractivity contribution in [2.24, 2.45) is 5.73 Å². The molecular weight excluding hydrogens is 168 g/mol. The van der Waals surface area contributed by atoms with Crippen LogP contribution in [0.5, 0.6) is 0 Å². The summed E-state index contributed by atoms with van der Waals surface area (Å²) in [5, 5.41) is 0. The summed E-state index contributed by atoms with van der Waals surface area (Å²) in [4.78, 5) is 13.0. The fraction of sp³-hybridized carbons (Fsp3) is 0.667. The summed E-state index contributed by atoms with van der Waals surface area (Å²) in [7, 11) is 0. The lowest BCUT2D eigenvalue weighted by molar-refractivity contribution is 0.0479. The molecule has 1 amide bonds. The van der Waals surface area contributed by atoms with Gasteiger partial charge in [-0.15, -0.1) is 6.58 Å². The van der Waals surface area contributed by atoms with Gasteiger partial charge in [-0.2, -0.15) is 0 Å². The average Bonchev–Trinajstić information content (AvgIpc) is 2.11. The molecule has 13 heavy (non-hydrogen) atoms. The second-order valence-electron chi connectivity index (χ2n) is 3.08. The smallest absolute Gasteiger partial charge is 0.410 e. The van der Waals surface area contributed by atoms with Crippen molar-refractivity contribution < 1.29 is 9.53 Å². The van der Waals surface area contributed by atoms with Crippen LogP contribution in [0, 0.1) is 0 Å². The van der Waals surface area contributed by atoms with Gasteiger partial charge < -0.3 is 15.4 Å². The van der Waals surface area contributed by atoms with E-state index >= 15 is 0 Å². The van der Waals surface area contributed by atoms with Crippen LogP contribution >= 0.6 is 0 Å². The standard InChI is InChI=1S/C9H16N2O2/c1-2-6-11-8(3-5-10)4-7-13-9(11)12/h2,8H,1,3-7,10H2. The van der Waals surface area contributed by atoms with Crippen molar-refractivity contribution >= 4 is 6.09 Å². The minimum Gasteiger partial charge on any atom is -0.449 e. The number of nitrogens with zero attached hydrogens (tertiary/aromatic N) is 1. The maximum Gasteiger partial charge on any atom is 0.410 e. The van der Waals surface area contributed by atoms with Crippen molar-refractivity contribution in [3.05, 3.63) is 12.7 Å². The van der Waals surface area contributed by atoms with Gasteiger partial charge in [0, 0.05) is 19.0 Å². The molecule has 0 aromatic heterocycles. The van der Waals surface area contributed by atoms with Crippen LogP contribution in [0.25, 0.3) is 0 Å². The summed E-state index contributed by atoms with van der Waals surface area (Å²) in [6.45, 7) is 5.26. The van der Waals surface area contributed by atoms with E-state index in [0.717, 1.165) is 12.8 Å². The molecule has 1 aliphatic heterocycles. The summed E-state index contributed by atoms with van der Waals surface area (Å²) >= 11 is 0. The van der Waals surface area contributed by atoms with Crippen molar-refractivity contribution in [2.45, 2.75) is 18.9 Å². The third kappa shape index (κ3) is 2.45. The highest BCUT2D eigenvalue weighted by atomic mass is 16.6. The molecule has 1 aliphatic rings. The predicted molar refractivity (Wildman–Crippen MR) is 50.3 cm³/mol. The summed E-state index contributed by atoms with van der Waals surface area (Å²) in [5.74, 6) is 0. The van der Waals surface area contributed by atoms with Gasteiger partial charge in [0.05, 0.1) is 6.61 Å². The third-order valence-electron chi connectivity index (χ3n) is 2.18. The first-order chi connectivity index (χ1) is 6.29. The zero-order valence-electron chi connectivity index (χ0n) is 7.74. The Morgan fingerprint density at radius 3 is 3.15 bits per heavy atom. The fourth-order valence-electron chi connectivity index (χ4n) is 1.53. The first kappa shape index (κ1) is 10.1. The van der Waals surface area contributed by atoms with E-state index in [1.54, 1.807) is 11.0 Å². The van der Waals surface area contributed by atoms with Crippen LogP contribution in [0.2, 0.25) is 0 Å². The molecule has 4 nitrogen and oxygen atoms in total. The van der Waals surface area contributed by atoms with Gasteiger partial charge in [0.2, 0.25) is 0 Å². The van der Waals surface area contributed by atoms with Crippen molar-refractivity contribution in [3.63, 3.8) is 0 Å². The number of cyclic esters (lactones) is 1. The quantitative estimate of drug-likeness (QED) is 0.655. The highest BCUT2D eigenvalue weighted by molar-refractivity contribution is 5.69. The van der Waals surface area contributed by atoms with Crippen molar-refractivity contribution in [2.75, 3.05) is 19.7 Å². The van der Waals surface area contributed by atoms with Crippen LogP contribution in [0.3, 0.4) is 0 Å². The van der Waals surface area contributed by atoms with Gasteiger partial charge in [-0.25, -0.2) is 4.79 Å². The largest absolute Gasteiger partial charge is 0.449 e. The molecule has 1 saturated heterocycles. The van der Waals surface area contributed by atoms with E-state index in [4.69, 9.17) is 10.5 Å². The number of hydrogen-bond acceptors (Lipinski definition) is 3. The first-order valence-corrected chi connectivity index (χ1v) is 4.54. The monoisotopic (exact) mass is 184 g/mol. The Kier molecular flexibility index (Phi) is 3.76. The molecule has 1 unspecified atom stereocenters. The Morgan fingerprint density at radius 2 is 2.54 bits per heavy atom. The molecule has 1 atom stereocenters. The first-order valence-electron chi connectivity index (χ1n) is 4.54. The van der Waals surface area contributed by atoms with Gasteiger partial charge in [0.15, 0.2) is 0 Å². The molecule has 0 radical (unpaired) electrons. The SMILES string of the molecule is C=CCN1C(=O)OCCC1CCN. The van der Waals surface area contributed by atoms with Gasteiger partial charge in [0.25, 0.3) is 0 Å². The van der Waals surface area contributed by atoms with Crippen molar-refractivity contribution in [1.82, 2.24) is 4.90 Å². The molecule has 2 N–H and O–H groups in total. The highest BCUT2D eigenvalue weighted by Gasteiger charge is 2.27. The molecule has 1 rings (SSSR count). The second-order valence-corrected chi connectivity index (χ2v) is 3.08. The fourth-order valence-corrected chi connectivity index (χ4v) is 1.53. The second kappa shape index (κ2) is 4.87. The number of nitrogens with two attached hydrogens (primary N) is 1. The number of ether oxygens (including phenoxy) is 1. The summed E-state index contributed by atoms with van der Waals surface area (Å²) < 4.78 is 4.92. The molecule has 4 heteroatoms. The number of amides is 1. The molecule has 0 spiro atoms. The Labute approximate surface area is 78.3 Å². The van der Waals surface area contributed by atoms with Crippen LogP contribution in [-0.2, 0) is 4.74 Å². The Bertz CT molecular complexity index is 192. The normalized spacial score (nSPS) is 22.7. The van der Waals surface area contributed by atoms with E-state index in [2.05, 4.69) is 6.58 Å². The lowest BCUT2D eigenvalue weighted by atomic mass is 10.1. The molecule has 0 aromatic carbocycles. The zero-order chi connectivity index (χ0) is 9.68. The zero-order valence-corrected chi connectivity index (χ0v) is 7.74. The molecule has 0 aromatic rings. The number of carbonyl (C=O) groups is 1. The van der Waals surface area contributed by atoms with Gasteiger partial charge in [-0.3, -0.25) is 0 Å². The maximum absolute atomic E-state index is 11.3. The summed E-state index contributed by atoms with van der Waals surface area (Å²) in [6, 6.07) is 0.226. The lowest BCUT2D eigenvalue weighted by Crippen LogP contribution is -2.46. The molecule has 1 heterocycles. The minimum atomic E-state index is -0.246. The lowest BCUT2D eigenvalue weighted by Gasteiger charge is -2.33. The van der Waals surface area contributed by atoms with Crippen LogP contribution in [0.4, 0.5) is 4.79 Å². The highest BCUT2D eigenvalue weighted by Crippen LogP contribution is 2.15. The van der Waals surface area contributed by atoms with E-state index in [-0.39, 0.29) is 12.1 Å². The van der Waals surface area contributed by atoms with E-state index < -0.39 is 0 Å². The van der Waals surface area contributed by atoms with E-state index in [1.165, 1.54) is 0 Å². The molecule has 74 valence electrons. The Balaban J connectivity index is 2.56. The van der Waals surface area contributed by atoms with Gasteiger partial charge in [-0.05, 0) is 13.0 Å². The van der Waals surface area contributed by atoms with Crippen LogP contribution in [0.1, 0.15) is 12.8 Å². The van der Waals surface area contributed by atoms with Gasteiger partial charge in [0.1, 0.15) is 0 Å². The molecule has 0 bridgehead atoms. The molecular formula is C9H16N2O2. The van der Waals surface area contributed by atoms with Crippen LogP contribution in [0.15, 0.2) is 12.7 Å². The van der Waals surface area contributed by atoms with Crippen LogP contribution in [-0.4, -0.2) is 36.7 Å². The van der Waals surface area contributed by atoms with E-state index in [1.807, 2.05) is 0 Å². The maximum atomic E-state index is 11.3. The molecule has 0 saturated carbocycles. The third-order valence-corrected chi connectivity index (χ3v) is 2.18. The Hall–Kier alpha value is -1.03. The van der Waals surface area contributed by atoms with Gasteiger partial charge >= 0.3 is 6.09 Å². The van der Waals surface area contributed by atoms with Crippen molar-refractivity contribution in [1.29, 1.82) is 0 Å². The van der Waals surface area contributed by atoms with E-state index in [9.17, 15) is 4.79 Å². The summed E-state index contributed by atoms with van der Waals surface area (Å²) in [6.07, 6.45) is 3.17. The number of carbonyl (C=O) groups excluding carboxylic acids is 1. The van der Waals surface area contributed by atoms with Crippen LogP contribution < -0.4 is 5.73 Å². The Morgan fingerprint density at radius 1 is 1.77 bits per heavy atom. The number of rotatable bonds is 4. The summed E-state index contributed by atoms with van der Waals surface area (Å²) in [5.41, 5.74) is 5.46. The number of hydrogen-bond donors (Lipinski definition) is 1. The predicted octanol–water partition coefficient (Wildman–Crippen LogP) is 0.732. The molecule has 1 fully saturated rings. The topological polar surface area (TPSA) is 55.6 Å². The molecule has 0 aliphatic carbocycles. The minimum absolute atomic E-state index is 0.226. The average molecular weight is 184 g/mol. The van der Waals surface area contributed by atoms with E-state index in [0.29, 0.717) is 19.7 Å². The van der Waals surface area contributed by atoms with Crippen molar-refractivity contribution in [3.8, 4) is 0 Å².